The molecule has 1 aliphatic heterocycles. The number of aliphatic hydroxyl groups is 1. The van der Waals surface area contributed by atoms with Gasteiger partial charge in [-0.2, -0.15) is 5.26 Å². The highest BCUT2D eigenvalue weighted by atomic mass is 35.5. The van der Waals surface area contributed by atoms with E-state index in [-0.39, 0.29) is 11.5 Å². The van der Waals surface area contributed by atoms with Crippen LogP contribution in [0.25, 0.3) is 5.52 Å². The summed E-state index contributed by atoms with van der Waals surface area (Å²) in [4.78, 5) is 4.35. The molecule has 0 unspecified atom stereocenters. The van der Waals surface area contributed by atoms with Crippen molar-refractivity contribution in [3.63, 3.8) is 0 Å². The van der Waals surface area contributed by atoms with Crippen LogP contribution >= 0.6 is 11.6 Å². The van der Waals surface area contributed by atoms with E-state index in [1.54, 1.807) is 10.7 Å². The Morgan fingerprint density at radius 3 is 2.96 bits per heavy atom. The minimum atomic E-state index is -0.598. The molecule has 0 spiro atoms. The number of ether oxygens (including phenoxy) is 1. The molecule has 1 saturated carbocycles. The molecule has 0 amide bonds. The number of nitriles is 1. The number of nitrogens with zero attached hydrogens (tertiary/aromatic N) is 4. The second-order valence-electron chi connectivity index (χ2n) is 7.20. The first-order chi connectivity index (χ1) is 12.6. The molecule has 8 heteroatoms. The molecule has 2 aromatic rings. The number of aromatic nitrogens is 3. The monoisotopic (exact) mass is 375 g/mol. The number of rotatable bonds is 4. The first kappa shape index (κ1) is 17.5. The quantitative estimate of drug-likeness (QED) is 0.852. The fraction of sp³-hybridized carbons (Fsp3) is 0.611. The molecule has 2 atom stereocenters. The Labute approximate surface area is 156 Å². The number of anilines is 1. The van der Waals surface area contributed by atoms with E-state index in [9.17, 15) is 10.4 Å². The van der Waals surface area contributed by atoms with Crippen molar-refractivity contribution in [3.8, 4) is 6.07 Å². The zero-order valence-electron chi connectivity index (χ0n) is 14.7. The summed E-state index contributed by atoms with van der Waals surface area (Å²) in [6.45, 7) is 3.04. The van der Waals surface area contributed by atoms with Crippen LogP contribution in [0.5, 0.6) is 0 Å². The summed E-state index contributed by atoms with van der Waals surface area (Å²) in [7, 11) is 0. The topological polar surface area (TPSA) is 95.5 Å². The number of fused-ring (bicyclic) bond motifs is 1. The van der Waals surface area contributed by atoms with Gasteiger partial charge in [0.1, 0.15) is 11.6 Å². The number of aliphatic hydroxyl groups excluding tert-OH is 1. The Balaban J connectivity index is 1.78. The molecule has 0 radical (unpaired) electrons. The van der Waals surface area contributed by atoms with Crippen LogP contribution in [0.2, 0.25) is 5.02 Å². The lowest BCUT2D eigenvalue weighted by Crippen LogP contribution is -2.42. The highest BCUT2D eigenvalue weighted by Gasteiger charge is 2.42. The molecule has 7 nitrogen and oxygen atoms in total. The van der Waals surface area contributed by atoms with E-state index in [1.165, 1.54) is 0 Å². The van der Waals surface area contributed by atoms with Crippen molar-refractivity contribution in [2.24, 2.45) is 0 Å². The molecule has 138 valence electrons. The van der Waals surface area contributed by atoms with Crippen LogP contribution < -0.4 is 5.32 Å². The molecule has 4 rings (SSSR count). The van der Waals surface area contributed by atoms with E-state index in [1.807, 2.05) is 0 Å². The van der Waals surface area contributed by atoms with Crippen LogP contribution in [0.1, 0.15) is 50.3 Å². The van der Waals surface area contributed by atoms with Gasteiger partial charge in [0.05, 0.1) is 41.2 Å². The summed E-state index contributed by atoms with van der Waals surface area (Å²) < 4.78 is 7.05. The van der Waals surface area contributed by atoms with Gasteiger partial charge < -0.3 is 15.2 Å². The lowest BCUT2D eigenvalue weighted by Gasteiger charge is -2.41. The van der Waals surface area contributed by atoms with Crippen molar-refractivity contribution in [2.45, 2.75) is 56.6 Å². The lowest BCUT2D eigenvalue weighted by atomic mass is 9.64. The standard InChI is InChI=1S/C18H22ClN5O2/c1-2-18(5-3-6-18)16-11(8-20)15(19)13-9-21-17(23-24(13)16)22-12-4-7-26-10-14(12)25/h9,12,14,25H,2-7,10H2,1H3,(H,22,23)/t12-,14+/m0/s1. The van der Waals surface area contributed by atoms with Crippen LogP contribution in [0, 0.1) is 11.3 Å². The van der Waals surface area contributed by atoms with E-state index in [0.717, 1.165) is 31.4 Å². The van der Waals surface area contributed by atoms with E-state index < -0.39 is 6.10 Å². The predicted octanol–water partition coefficient (Wildman–Crippen LogP) is 2.65. The lowest BCUT2D eigenvalue weighted by molar-refractivity contribution is -0.0136. The van der Waals surface area contributed by atoms with Gasteiger partial charge in [0.15, 0.2) is 0 Å². The first-order valence-electron chi connectivity index (χ1n) is 9.10. The van der Waals surface area contributed by atoms with Crippen molar-refractivity contribution in [3.05, 3.63) is 22.5 Å². The van der Waals surface area contributed by atoms with Crippen LogP contribution in [0.3, 0.4) is 0 Å². The third kappa shape index (κ3) is 2.64. The van der Waals surface area contributed by atoms with Crippen molar-refractivity contribution in [1.29, 1.82) is 5.26 Å². The second kappa shape index (κ2) is 6.69. The molecule has 2 aliphatic rings. The SMILES string of the molecule is CCC1(c2c(C#N)c(Cl)c3cnc(N[C@H]4CCOC[C@H]4O)nn23)CCC1. The Morgan fingerprint density at radius 1 is 1.54 bits per heavy atom. The highest BCUT2D eigenvalue weighted by Crippen LogP contribution is 2.49. The minimum absolute atomic E-state index is 0.0507. The molecule has 2 N–H and O–H groups in total. The zero-order chi connectivity index (χ0) is 18.3. The smallest absolute Gasteiger partial charge is 0.241 e. The first-order valence-corrected chi connectivity index (χ1v) is 9.47. The molecule has 2 aromatic heterocycles. The van der Waals surface area contributed by atoms with Gasteiger partial charge in [-0.1, -0.05) is 24.9 Å². The Hall–Kier alpha value is -1.88. The third-order valence-corrected chi connectivity index (χ3v) is 6.25. The molecular formula is C18H22ClN5O2. The molecule has 3 heterocycles. The summed E-state index contributed by atoms with van der Waals surface area (Å²) in [5.74, 6) is 0.423. The van der Waals surface area contributed by atoms with Gasteiger partial charge in [-0.25, -0.2) is 9.50 Å². The van der Waals surface area contributed by atoms with Gasteiger partial charge in [0.2, 0.25) is 5.95 Å². The van der Waals surface area contributed by atoms with E-state index in [2.05, 4.69) is 28.4 Å². The number of nitrogens with one attached hydrogen (secondary N) is 1. The number of halogens is 1. The second-order valence-corrected chi connectivity index (χ2v) is 7.58. The molecule has 1 saturated heterocycles. The Kier molecular flexibility index (Phi) is 4.51. The van der Waals surface area contributed by atoms with E-state index >= 15 is 0 Å². The van der Waals surface area contributed by atoms with Gasteiger partial charge in [-0.3, -0.25) is 0 Å². The normalized spacial score (nSPS) is 24.8. The summed E-state index contributed by atoms with van der Waals surface area (Å²) in [5, 5.41) is 28.0. The largest absolute Gasteiger partial charge is 0.389 e. The molecule has 1 aliphatic carbocycles. The van der Waals surface area contributed by atoms with Crippen molar-refractivity contribution < 1.29 is 9.84 Å². The maximum absolute atomic E-state index is 10.1. The van der Waals surface area contributed by atoms with Crippen molar-refractivity contribution >= 4 is 23.1 Å². The van der Waals surface area contributed by atoms with Gasteiger partial charge in [-0.05, 0) is 25.7 Å². The van der Waals surface area contributed by atoms with Crippen molar-refractivity contribution in [2.75, 3.05) is 18.5 Å². The summed E-state index contributed by atoms with van der Waals surface area (Å²) >= 11 is 6.47. The predicted molar refractivity (Wildman–Crippen MR) is 97.4 cm³/mol. The Morgan fingerprint density at radius 2 is 2.35 bits per heavy atom. The fourth-order valence-electron chi connectivity index (χ4n) is 4.09. The van der Waals surface area contributed by atoms with Gasteiger partial charge >= 0.3 is 0 Å². The highest BCUT2D eigenvalue weighted by molar-refractivity contribution is 6.35. The van der Waals surface area contributed by atoms with Crippen LogP contribution in [-0.4, -0.2) is 45.1 Å². The maximum atomic E-state index is 10.1. The Bertz CT molecular complexity index is 865. The van der Waals surface area contributed by atoms with Crippen LogP contribution in [0.4, 0.5) is 5.95 Å². The minimum Gasteiger partial charge on any atom is -0.389 e. The average Bonchev–Trinajstić information content (AvgIpc) is 2.89. The summed E-state index contributed by atoms with van der Waals surface area (Å²) in [5.41, 5.74) is 2.00. The van der Waals surface area contributed by atoms with Crippen molar-refractivity contribution in [1.82, 2.24) is 14.6 Å². The molecule has 0 aromatic carbocycles. The fourth-order valence-corrected chi connectivity index (χ4v) is 4.35. The molecule has 0 bridgehead atoms. The zero-order valence-corrected chi connectivity index (χ0v) is 15.5. The van der Waals surface area contributed by atoms with Crippen LogP contribution in [0.15, 0.2) is 6.20 Å². The number of hydrogen-bond acceptors (Lipinski definition) is 6. The maximum Gasteiger partial charge on any atom is 0.241 e. The van der Waals surface area contributed by atoms with E-state index in [4.69, 9.17) is 16.3 Å². The van der Waals surface area contributed by atoms with Gasteiger partial charge in [0.25, 0.3) is 0 Å². The van der Waals surface area contributed by atoms with Crippen LogP contribution in [-0.2, 0) is 10.2 Å². The number of hydrogen-bond donors (Lipinski definition) is 2. The van der Waals surface area contributed by atoms with E-state index in [0.29, 0.717) is 41.7 Å². The molecule has 2 fully saturated rings. The molecule has 26 heavy (non-hydrogen) atoms. The third-order valence-electron chi connectivity index (χ3n) is 5.87. The van der Waals surface area contributed by atoms with Gasteiger partial charge in [0, 0.05) is 12.0 Å². The summed E-state index contributed by atoms with van der Waals surface area (Å²) in [6.07, 6.45) is 5.89. The average molecular weight is 376 g/mol. The molecular weight excluding hydrogens is 354 g/mol. The summed E-state index contributed by atoms with van der Waals surface area (Å²) in [6, 6.07) is 2.11. The van der Waals surface area contributed by atoms with Gasteiger partial charge in [-0.15, -0.1) is 5.10 Å².